The topological polar surface area (TPSA) is 66.0 Å². The van der Waals surface area contributed by atoms with Crippen LogP contribution in [0.25, 0.3) is 22.2 Å². The predicted octanol–water partition coefficient (Wildman–Crippen LogP) is 3.41. The molecule has 116 valence electrons. The molecule has 0 bridgehead atoms. The van der Waals surface area contributed by atoms with Gasteiger partial charge in [0.2, 0.25) is 11.6 Å². The van der Waals surface area contributed by atoms with E-state index in [1.54, 1.807) is 10.9 Å². The van der Waals surface area contributed by atoms with Crippen LogP contribution in [0.5, 0.6) is 5.88 Å². The molecule has 1 aromatic carbocycles. The number of fused-ring (bicyclic) bond motifs is 3. The molecule has 0 radical (unpaired) electrons. The van der Waals surface area contributed by atoms with E-state index >= 15 is 0 Å². The Morgan fingerprint density at radius 3 is 2.83 bits per heavy atom. The molecule has 0 fully saturated rings. The van der Waals surface area contributed by atoms with Gasteiger partial charge in [-0.1, -0.05) is 42.1 Å². The first-order chi connectivity index (χ1) is 11.3. The number of aryl methyl sites for hydroxylation is 1. The van der Waals surface area contributed by atoms with Crippen LogP contribution >= 0.6 is 11.8 Å². The second-order valence-corrected chi connectivity index (χ2v) is 5.83. The average Bonchev–Trinajstić information content (AvgIpc) is 3.13. The van der Waals surface area contributed by atoms with E-state index in [9.17, 15) is 0 Å². The van der Waals surface area contributed by atoms with Crippen LogP contribution < -0.4 is 4.74 Å². The number of benzene rings is 1. The first kappa shape index (κ1) is 14.1. The maximum atomic E-state index is 5.97. The maximum Gasteiger partial charge on any atom is 0.237 e. The standard InChI is InChI=1S/C16H14N4O2S/c1-20-13-11(8-17-20)22-15-12(13)14(18-16(19-15)23-2)21-9-10-6-4-3-5-7-10/h3-8H,9H2,1-2H3. The summed E-state index contributed by atoms with van der Waals surface area (Å²) in [6.45, 7) is 0.436. The Kier molecular flexibility index (Phi) is 3.42. The molecular formula is C16H14N4O2S. The average molecular weight is 326 g/mol. The minimum atomic E-state index is 0.436. The van der Waals surface area contributed by atoms with E-state index in [-0.39, 0.29) is 0 Å². The highest BCUT2D eigenvalue weighted by atomic mass is 32.2. The summed E-state index contributed by atoms with van der Waals surface area (Å²) in [5, 5.41) is 5.59. The fraction of sp³-hybridized carbons (Fsp3) is 0.188. The van der Waals surface area contributed by atoms with Gasteiger partial charge in [0.1, 0.15) is 17.5 Å². The molecule has 0 aliphatic rings. The summed E-state index contributed by atoms with van der Waals surface area (Å²) in [5.41, 5.74) is 3.13. The molecule has 0 atom stereocenters. The van der Waals surface area contributed by atoms with Crippen molar-refractivity contribution >= 4 is 34.0 Å². The SMILES string of the molecule is CSc1nc(OCc2ccccc2)c2c(n1)oc1cnn(C)c12. The quantitative estimate of drug-likeness (QED) is 0.423. The van der Waals surface area contributed by atoms with E-state index in [2.05, 4.69) is 15.1 Å². The molecular weight excluding hydrogens is 312 g/mol. The lowest BCUT2D eigenvalue weighted by Crippen LogP contribution is -2.00. The van der Waals surface area contributed by atoms with Crippen LogP contribution in [0.2, 0.25) is 0 Å². The van der Waals surface area contributed by atoms with Crippen LogP contribution in [-0.2, 0) is 13.7 Å². The summed E-state index contributed by atoms with van der Waals surface area (Å²) < 4.78 is 13.5. The van der Waals surface area contributed by atoms with Gasteiger partial charge in [-0.2, -0.15) is 15.1 Å². The van der Waals surface area contributed by atoms with Crippen molar-refractivity contribution in [2.75, 3.05) is 6.26 Å². The zero-order valence-electron chi connectivity index (χ0n) is 12.7. The Labute approximate surface area is 136 Å². The lowest BCUT2D eigenvalue weighted by Gasteiger charge is -2.07. The zero-order valence-corrected chi connectivity index (χ0v) is 13.5. The van der Waals surface area contributed by atoms with E-state index < -0.39 is 0 Å². The molecule has 0 aliphatic carbocycles. The third kappa shape index (κ3) is 2.43. The number of hydrogen-bond acceptors (Lipinski definition) is 6. The fourth-order valence-electron chi connectivity index (χ4n) is 2.48. The lowest BCUT2D eigenvalue weighted by molar-refractivity contribution is 0.295. The van der Waals surface area contributed by atoms with Crippen LogP contribution in [-0.4, -0.2) is 26.0 Å². The Morgan fingerprint density at radius 1 is 1.22 bits per heavy atom. The molecule has 0 N–H and O–H groups in total. The zero-order chi connectivity index (χ0) is 15.8. The van der Waals surface area contributed by atoms with Gasteiger partial charge in [-0.05, 0) is 11.8 Å². The highest BCUT2D eigenvalue weighted by molar-refractivity contribution is 7.98. The van der Waals surface area contributed by atoms with Crippen LogP contribution in [0.3, 0.4) is 0 Å². The molecule has 4 rings (SSSR count). The molecule has 0 aliphatic heterocycles. The summed E-state index contributed by atoms with van der Waals surface area (Å²) in [6.07, 6.45) is 3.60. The van der Waals surface area contributed by atoms with Crippen LogP contribution in [0.4, 0.5) is 0 Å². The van der Waals surface area contributed by atoms with Gasteiger partial charge >= 0.3 is 0 Å². The fourth-order valence-corrected chi connectivity index (χ4v) is 2.83. The second-order valence-electron chi connectivity index (χ2n) is 5.05. The van der Waals surface area contributed by atoms with Crippen molar-refractivity contribution in [3.8, 4) is 5.88 Å². The molecule has 0 amide bonds. The van der Waals surface area contributed by atoms with Crippen molar-refractivity contribution in [1.29, 1.82) is 0 Å². The van der Waals surface area contributed by atoms with Crippen LogP contribution in [0.1, 0.15) is 5.56 Å². The normalized spacial score (nSPS) is 11.4. The molecule has 3 heterocycles. The summed E-state index contributed by atoms with van der Waals surface area (Å²) >= 11 is 1.45. The minimum absolute atomic E-state index is 0.436. The first-order valence-electron chi connectivity index (χ1n) is 7.09. The molecule has 3 aromatic heterocycles. The number of aromatic nitrogens is 4. The predicted molar refractivity (Wildman–Crippen MR) is 88.6 cm³/mol. The number of thioether (sulfide) groups is 1. The van der Waals surface area contributed by atoms with Gasteiger partial charge in [0.05, 0.1) is 6.20 Å². The highest BCUT2D eigenvalue weighted by Crippen LogP contribution is 2.34. The van der Waals surface area contributed by atoms with Gasteiger partial charge in [-0.3, -0.25) is 4.68 Å². The maximum absolute atomic E-state index is 5.97. The molecule has 23 heavy (non-hydrogen) atoms. The van der Waals surface area contributed by atoms with Gasteiger partial charge in [0.25, 0.3) is 0 Å². The molecule has 6 nitrogen and oxygen atoms in total. The Hall–Kier alpha value is -2.54. The largest absolute Gasteiger partial charge is 0.472 e. The van der Waals surface area contributed by atoms with Crippen LogP contribution in [0, 0.1) is 0 Å². The van der Waals surface area contributed by atoms with Gasteiger partial charge in [0.15, 0.2) is 10.7 Å². The number of hydrogen-bond donors (Lipinski definition) is 0. The molecule has 7 heteroatoms. The molecule has 0 saturated heterocycles. The van der Waals surface area contributed by atoms with Crippen molar-refractivity contribution in [1.82, 2.24) is 19.7 Å². The van der Waals surface area contributed by atoms with Gasteiger partial charge in [-0.25, -0.2) is 0 Å². The minimum Gasteiger partial charge on any atom is -0.472 e. The van der Waals surface area contributed by atoms with Gasteiger partial charge < -0.3 is 9.15 Å². The third-order valence-corrected chi connectivity index (χ3v) is 4.12. The Bertz CT molecular complexity index is 978. The van der Waals surface area contributed by atoms with E-state index in [1.165, 1.54) is 11.8 Å². The molecule has 4 aromatic rings. The van der Waals surface area contributed by atoms with Crippen molar-refractivity contribution in [2.45, 2.75) is 11.8 Å². The summed E-state index contributed by atoms with van der Waals surface area (Å²) in [7, 11) is 1.86. The van der Waals surface area contributed by atoms with E-state index in [0.29, 0.717) is 28.9 Å². The number of nitrogens with zero attached hydrogens (tertiary/aromatic N) is 4. The number of rotatable bonds is 4. The summed E-state index contributed by atoms with van der Waals surface area (Å²) in [4.78, 5) is 8.93. The second kappa shape index (κ2) is 5.58. The van der Waals surface area contributed by atoms with E-state index in [0.717, 1.165) is 16.5 Å². The molecule has 0 unspecified atom stereocenters. The Balaban J connectivity index is 1.83. The summed E-state index contributed by atoms with van der Waals surface area (Å²) in [5.74, 6) is 0.519. The molecule has 0 spiro atoms. The summed E-state index contributed by atoms with van der Waals surface area (Å²) in [6, 6.07) is 9.98. The lowest BCUT2D eigenvalue weighted by atomic mass is 10.2. The van der Waals surface area contributed by atoms with Gasteiger partial charge in [-0.15, -0.1) is 0 Å². The monoisotopic (exact) mass is 326 g/mol. The smallest absolute Gasteiger partial charge is 0.237 e. The van der Waals surface area contributed by atoms with Gasteiger partial charge in [0, 0.05) is 7.05 Å². The van der Waals surface area contributed by atoms with E-state index in [1.807, 2.05) is 43.6 Å². The van der Waals surface area contributed by atoms with Crippen molar-refractivity contribution < 1.29 is 9.15 Å². The van der Waals surface area contributed by atoms with E-state index in [4.69, 9.17) is 9.15 Å². The van der Waals surface area contributed by atoms with Crippen LogP contribution in [0.15, 0.2) is 46.1 Å². The highest BCUT2D eigenvalue weighted by Gasteiger charge is 2.19. The Morgan fingerprint density at radius 2 is 2.04 bits per heavy atom. The van der Waals surface area contributed by atoms with Crippen molar-refractivity contribution in [3.63, 3.8) is 0 Å². The van der Waals surface area contributed by atoms with Crippen molar-refractivity contribution in [3.05, 3.63) is 42.1 Å². The number of furan rings is 1. The van der Waals surface area contributed by atoms with Crippen molar-refractivity contribution in [2.24, 2.45) is 7.05 Å². The first-order valence-corrected chi connectivity index (χ1v) is 8.31. The molecule has 0 saturated carbocycles. The third-order valence-electron chi connectivity index (χ3n) is 3.57. The number of ether oxygens (including phenoxy) is 1.